The third-order valence-corrected chi connectivity index (χ3v) is 10.8. The van der Waals surface area contributed by atoms with Crippen molar-refractivity contribution in [2.75, 3.05) is 13.2 Å². The molecule has 0 unspecified atom stereocenters. The summed E-state index contributed by atoms with van der Waals surface area (Å²) in [6.45, 7) is 1.92. The van der Waals surface area contributed by atoms with Crippen LogP contribution in [0.3, 0.4) is 0 Å². The number of esters is 2. The largest absolute Gasteiger partial charge is 0.462 e. The molecule has 14 heteroatoms. The van der Waals surface area contributed by atoms with E-state index in [1.807, 2.05) is 0 Å². The van der Waals surface area contributed by atoms with Gasteiger partial charge in [-0.15, -0.1) is 45.3 Å². The standard InChI is InChI=1S/C20H16F2O4S2.C16H12F2O2S2/c1-3-25-19(23)15-13(11-7-5-9-27-11)18(22)16(20(24)26-4-2)14(17(15)21)12-8-6-10-28-12;17-15-10(8-20)14(12-4-2-6-22-12)16(18)9(7-19)13(15)11-3-1-5-21-11/h5-10H,3-4H2,1-2H3;1-6,19-20H,7-8H2. The van der Waals surface area contributed by atoms with E-state index in [-0.39, 0.29) is 46.6 Å². The number of ether oxygens (including phenoxy) is 2. The maximum atomic E-state index is 15.6. The molecule has 0 aliphatic heterocycles. The van der Waals surface area contributed by atoms with Gasteiger partial charge in [0.2, 0.25) is 0 Å². The van der Waals surface area contributed by atoms with Gasteiger partial charge in [0.05, 0.1) is 26.4 Å². The minimum atomic E-state index is -1.01. The summed E-state index contributed by atoms with van der Waals surface area (Å²) in [7, 11) is 0. The van der Waals surface area contributed by atoms with E-state index in [2.05, 4.69) is 0 Å². The van der Waals surface area contributed by atoms with Gasteiger partial charge in [0.1, 0.15) is 34.4 Å². The maximum absolute atomic E-state index is 15.6. The fourth-order valence-electron chi connectivity index (χ4n) is 5.22. The molecule has 4 aromatic heterocycles. The lowest BCUT2D eigenvalue weighted by molar-refractivity contribution is 0.0504. The van der Waals surface area contributed by atoms with Crippen LogP contribution in [-0.4, -0.2) is 35.4 Å². The number of hydrogen-bond donors (Lipinski definition) is 2. The predicted molar refractivity (Wildman–Crippen MR) is 190 cm³/mol. The molecule has 2 N–H and O–H groups in total. The summed E-state index contributed by atoms with van der Waals surface area (Å²) in [6, 6.07) is 13.2. The summed E-state index contributed by atoms with van der Waals surface area (Å²) in [5.74, 6) is -5.36. The summed E-state index contributed by atoms with van der Waals surface area (Å²) in [5, 5.41) is 25.9. The van der Waals surface area contributed by atoms with Crippen LogP contribution >= 0.6 is 45.3 Å². The van der Waals surface area contributed by atoms with Gasteiger partial charge < -0.3 is 19.7 Å². The van der Waals surface area contributed by atoms with E-state index in [4.69, 9.17) is 9.47 Å². The number of hydrogen-bond acceptors (Lipinski definition) is 10. The third-order valence-electron chi connectivity index (χ3n) is 7.30. The molecule has 0 saturated carbocycles. The SMILES string of the molecule is CCOC(=O)c1c(F)c(-c2cccs2)c(C(=O)OCC)c(F)c1-c1cccs1.OCc1c(F)c(-c2cccs2)c(CO)c(F)c1-c1cccs1. The Labute approximate surface area is 300 Å². The molecule has 4 heterocycles. The fourth-order valence-corrected chi connectivity index (χ4v) is 8.35. The first-order chi connectivity index (χ1) is 24.2. The monoisotopic (exact) mass is 760 g/mol. The average molecular weight is 761 g/mol. The van der Waals surface area contributed by atoms with E-state index in [1.54, 1.807) is 83.9 Å². The van der Waals surface area contributed by atoms with E-state index < -0.39 is 59.5 Å². The van der Waals surface area contributed by atoms with E-state index in [0.717, 1.165) is 22.7 Å². The van der Waals surface area contributed by atoms with E-state index in [0.29, 0.717) is 19.5 Å². The van der Waals surface area contributed by atoms with Gasteiger partial charge in [0, 0.05) is 52.9 Å². The minimum absolute atomic E-state index is 0.00225. The molecule has 6 aromatic rings. The first-order valence-corrected chi connectivity index (χ1v) is 18.5. The second-order valence-electron chi connectivity index (χ2n) is 10.1. The summed E-state index contributed by atoms with van der Waals surface area (Å²) < 4.78 is 71.0. The molecule has 0 amide bonds. The second-order valence-corrected chi connectivity index (χ2v) is 13.9. The Bertz CT molecular complexity index is 1930. The Morgan fingerprint density at radius 2 is 0.840 bits per heavy atom. The molecule has 0 aliphatic rings. The Balaban J connectivity index is 0.000000200. The summed E-state index contributed by atoms with van der Waals surface area (Å²) in [5.41, 5.74) is -1.76. The molecule has 6 nitrogen and oxygen atoms in total. The first kappa shape index (κ1) is 37.1. The zero-order valence-corrected chi connectivity index (χ0v) is 29.7. The van der Waals surface area contributed by atoms with Crippen LogP contribution in [0.2, 0.25) is 0 Å². The van der Waals surface area contributed by atoms with Gasteiger partial charge in [-0.2, -0.15) is 0 Å². The van der Waals surface area contributed by atoms with Crippen molar-refractivity contribution in [2.45, 2.75) is 27.1 Å². The van der Waals surface area contributed by atoms with Crippen LogP contribution in [0.15, 0.2) is 70.1 Å². The lowest BCUT2D eigenvalue weighted by Crippen LogP contribution is -2.17. The number of benzene rings is 2. The number of aliphatic hydroxyl groups excluding tert-OH is 2. The molecular weight excluding hydrogens is 733 g/mol. The molecule has 0 bridgehead atoms. The van der Waals surface area contributed by atoms with E-state index in [1.165, 1.54) is 22.7 Å². The number of halogens is 4. The Kier molecular flexibility index (Phi) is 12.4. The number of aliphatic hydroxyl groups is 2. The Morgan fingerprint density at radius 1 is 0.540 bits per heavy atom. The zero-order valence-electron chi connectivity index (χ0n) is 26.4. The van der Waals surface area contributed by atoms with Crippen molar-refractivity contribution in [1.29, 1.82) is 0 Å². The van der Waals surface area contributed by atoms with Crippen LogP contribution < -0.4 is 0 Å². The van der Waals surface area contributed by atoms with Crippen LogP contribution in [-0.2, 0) is 22.7 Å². The van der Waals surface area contributed by atoms with Gasteiger partial charge >= 0.3 is 11.9 Å². The average Bonchev–Trinajstić information content (AvgIpc) is 3.95. The molecule has 50 heavy (non-hydrogen) atoms. The topological polar surface area (TPSA) is 93.1 Å². The summed E-state index contributed by atoms with van der Waals surface area (Å²) >= 11 is 4.75. The van der Waals surface area contributed by atoms with Crippen molar-refractivity contribution < 1.29 is 46.8 Å². The normalized spacial score (nSPS) is 10.9. The number of thiophene rings is 4. The van der Waals surface area contributed by atoms with Crippen LogP contribution in [0.25, 0.3) is 41.8 Å². The highest BCUT2D eigenvalue weighted by molar-refractivity contribution is 7.14. The number of carbonyl (C=O) groups excluding carboxylic acids is 2. The van der Waals surface area contributed by atoms with Gasteiger partial charge in [0.15, 0.2) is 0 Å². The predicted octanol–water partition coefficient (Wildman–Crippen LogP) is 10.2. The van der Waals surface area contributed by atoms with Gasteiger partial charge in [-0.05, 0) is 59.6 Å². The number of rotatable bonds is 10. The Hall–Kier alpha value is -4.18. The molecule has 0 fully saturated rings. The fraction of sp³-hybridized carbons (Fsp3) is 0.167. The smallest absolute Gasteiger partial charge is 0.341 e. The van der Waals surface area contributed by atoms with Gasteiger partial charge in [-0.1, -0.05) is 24.3 Å². The molecule has 0 aliphatic carbocycles. The number of carbonyl (C=O) groups is 2. The van der Waals surface area contributed by atoms with Crippen LogP contribution in [0.5, 0.6) is 0 Å². The highest BCUT2D eigenvalue weighted by Crippen LogP contribution is 2.43. The van der Waals surface area contributed by atoms with Gasteiger partial charge in [-0.3, -0.25) is 0 Å². The van der Waals surface area contributed by atoms with Crippen molar-refractivity contribution in [3.63, 3.8) is 0 Å². The van der Waals surface area contributed by atoms with E-state index in [9.17, 15) is 28.6 Å². The first-order valence-electron chi connectivity index (χ1n) is 15.0. The van der Waals surface area contributed by atoms with Crippen LogP contribution in [0.1, 0.15) is 45.7 Å². The molecular formula is C36H28F4O6S4. The molecule has 0 radical (unpaired) electrons. The molecule has 6 rings (SSSR count). The highest BCUT2D eigenvalue weighted by Gasteiger charge is 2.34. The van der Waals surface area contributed by atoms with Crippen LogP contribution in [0, 0.1) is 23.3 Å². The molecule has 0 spiro atoms. The lowest BCUT2D eigenvalue weighted by Gasteiger charge is -2.17. The quantitative estimate of drug-likeness (QED) is 0.107. The van der Waals surface area contributed by atoms with Crippen molar-refractivity contribution in [1.82, 2.24) is 0 Å². The van der Waals surface area contributed by atoms with Gasteiger partial charge in [0.25, 0.3) is 0 Å². The zero-order chi connectivity index (χ0) is 35.9. The minimum Gasteiger partial charge on any atom is -0.462 e. The molecule has 0 saturated heterocycles. The lowest BCUT2D eigenvalue weighted by atomic mass is 9.94. The highest BCUT2D eigenvalue weighted by atomic mass is 32.1. The molecule has 2 aromatic carbocycles. The summed E-state index contributed by atoms with van der Waals surface area (Å²) in [4.78, 5) is 26.7. The van der Waals surface area contributed by atoms with Crippen LogP contribution in [0.4, 0.5) is 17.6 Å². The van der Waals surface area contributed by atoms with Crippen molar-refractivity contribution >= 4 is 57.3 Å². The van der Waals surface area contributed by atoms with E-state index >= 15 is 8.78 Å². The second kappa shape index (κ2) is 16.7. The Morgan fingerprint density at radius 3 is 1.08 bits per heavy atom. The summed E-state index contributed by atoms with van der Waals surface area (Å²) in [6.07, 6.45) is 0. The molecule has 0 atom stereocenters. The van der Waals surface area contributed by atoms with Crippen molar-refractivity contribution in [3.8, 4) is 41.8 Å². The third kappa shape index (κ3) is 7.18. The van der Waals surface area contributed by atoms with Crippen molar-refractivity contribution in [2.24, 2.45) is 0 Å². The van der Waals surface area contributed by atoms with Gasteiger partial charge in [-0.25, -0.2) is 27.2 Å². The molecule has 260 valence electrons. The maximum Gasteiger partial charge on any atom is 0.341 e. The van der Waals surface area contributed by atoms with Crippen molar-refractivity contribution in [3.05, 3.63) is 116 Å².